The zero-order chi connectivity index (χ0) is 20.5. The summed E-state index contributed by atoms with van der Waals surface area (Å²) >= 11 is 3.56. The third-order valence-electron chi connectivity index (χ3n) is 5.27. The number of rotatable bonds is 6. The summed E-state index contributed by atoms with van der Waals surface area (Å²) in [5, 5.41) is 16.6. The Kier molecular flexibility index (Phi) is 5.48. The Hall–Kier alpha value is -2.57. The molecule has 0 aliphatic rings. The number of hydrogen-bond donors (Lipinski definition) is 1. The number of hydrogen-bond acceptors (Lipinski definition) is 3. The van der Waals surface area contributed by atoms with Crippen LogP contribution in [0, 0.1) is 13.8 Å². The Labute approximate surface area is 178 Å². The summed E-state index contributed by atoms with van der Waals surface area (Å²) in [5.41, 5.74) is 5.21. The van der Waals surface area contributed by atoms with Gasteiger partial charge in [0.1, 0.15) is 5.75 Å². The number of ether oxygens (including phenoxy) is 1. The van der Waals surface area contributed by atoms with E-state index in [4.69, 9.17) is 4.74 Å². The molecule has 0 saturated heterocycles. The molecule has 5 nitrogen and oxygen atoms in total. The Morgan fingerprint density at radius 3 is 2.45 bits per heavy atom. The predicted molar refractivity (Wildman–Crippen MR) is 119 cm³/mol. The number of methoxy groups -OCH3 is 1. The molecule has 0 fully saturated rings. The minimum absolute atomic E-state index is 0.437. The highest BCUT2D eigenvalue weighted by Gasteiger charge is 2.17. The summed E-state index contributed by atoms with van der Waals surface area (Å²) in [6.45, 7) is 4.88. The fourth-order valence-corrected chi connectivity index (χ4v) is 4.01. The molecule has 4 aromatic rings. The first-order valence-corrected chi connectivity index (χ1v) is 10.4. The van der Waals surface area contributed by atoms with Crippen LogP contribution in [0.1, 0.15) is 11.4 Å². The van der Waals surface area contributed by atoms with Gasteiger partial charge in [-0.1, -0.05) is 18.2 Å². The molecule has 0 amide bonds. The van der Waals surface area contributed by atoms with Gasteiger partial charge in [0.05, 0.1) is 36.5 Å². The maximum Gasteiger partial charge on any atom is 0.118 e. The van der Waals surface area contributed by atoms with E-state index in [1.165, 1.54) is 0 Å². The highest BCUT2D eigenvalue weighted by atomic mass is 79.9. The van der Waals surface area contributed by atoms with Crippen LogP contribution in [0.4, 0.5) is 0 Å². The molecule has 0 aliphatic carbocycles. The lowest BCUT2D eigenvalue weighted by Crippen LogP contribution is -2.23. The van der Waals surface area contributed by atoms with Crippen LogP contribution in [0.3, 0.4) is 0 Å². The third-order valence-corrected chi connectivity index (χ3v) is 6.41. The number of nitrogens with zero attached hydrogens (tertiary/aromatic N) is 3. The zero-order valence-electron chi connectivity index (χ0n) is 16.8. The number of aliphatic hydroxyl groups is 1. The van der Waals surface area contributed by atoms with Crippen LogP contribution in [0.15, 0.2) is 59.1 Å². The van der Waals surface area contributed by atoms with E-state index < -0.39 is 6.10 Å². The predicted octanol–water partition coefficient (Wildman–Crippen LogP) is 4.95. The van der Waals surface area contributed by atoms with E-state index in [9.17, 15) is 5.11 Å². The number of aromatic nitrogens is 3. The van der Waals surface area contributed by atoms with Gasteiger partial charge in [0, 0.05) is 22.3 Å². The van der Waals surface area contributed by atoms with Crippen LogP contribution >= 0.6 is 15.9 Å². The van der Waals surface area contributed by atoms with Gasteiger partial charge in [0.2, 0.25) is 0 Å². The summed E-state index contributed by atoms with van der Waals surface area (Å²) in [6, 6.07) is 18.4. The lowest BCUT2D eigenvalue weighted by molar-refractivity contribution is 0.131. The van der Waals surface area contributed by atoms with Crippen LogP contribution in [0.2, 0.25) is 0 Å². The Balaban J connectivity index is 1.68. The number of halogens is 1. The van der Waals surface area contributed by atoms with Gasteiger partial charge in [-0.15, -0.1) is 0 Å². The third kappa shape index (κ3) is 3.82. The molecule has 1 N–H and O–H groups in total. The molecular formula is C23H24BrN3O2. The lowest BCUT2D eigenvalue weighted by atomic mass is 10.1. The van der Waals surface area contributed by atoms with Crippen LogP contribution < -0.4 is 4.74 Å². The van der Waals surface area contributed by atoms with Gasteiger partial charge in [0.15, 0.2) is 0 Å². The molecule has 0 saturated carbocycles. The van der Waals surface area contributed by atoms with E-state index in [2.05, 4.69) is 43.8 Å². The van der Waals surface area contributed by atoms with Crippen LogP contribution in [0.5, 0.6) is 5.75 Å². The Morgan fingerprint density at radius 1 is 1.07 bits per heavy atom. The molecule has 0 aliphatic heterocycles. The standard InChI is InChI=1S/C23H24BrN3O2/c1-15-23(24)16(2)27(25-15)14-19(28)13-26-21-7-5-4-6-18(21)12-22(26)17-8-10-20(29-3)11-9-17/h4-12,19,28H,13-14H2,1-3H3. The van der Waals surface area contributed by atoms with E-state index in [-0.39, 0.29) is 0 Å². The monoisotopic (exact) mass is 453 g/mol. The normalized spacial score (nSPS) is 12.4. The molecule has 1 unspecified atom stereocenters. The lowest BCUT2D eigenvalue weighted by Gasteiger charge is -2.17. The number of para-hydroxylation sites is 1. The quantitative estimate of drug-likeness (QED) is 0.449. The van der Waals surface area contributed by atoms with Gasteiger partial charge in [-0.3, -0.25) is 4.68 Å². The zero-order valence-corrected chi connectivity index (χ0v) is 18.3. The maximum atomic E-state index is 10.9. The van der Waals surface area contributed by atoms with Crippen LogP contribution in [-0.2, 0) is 13.1 Å². The number of aliphatic hydroxyl groups excluding tert-OH is 1. The van der Waals surface area contributed by atoms with Crippen molar-refractivity contribution in [3.8, 4) is 17.0 Å². The molecule has 0 bridgehead atoms. The van der Waals surface area contributed by atoms with Crippen molar-refractivity contribution in [3.63, 3.8) is 0 Å². The van der Waals surface area contributed by atoms with E-state index >= 15 is 0 Å². The van der Waals surface area contributed by atoms with Gasteiger partial charge in [-0.05, 0) is 71.7 Å². The van der Waals surface area contributed by atoms with Crippen molar-refractivity contribution in [2.24, 2.45) is 0 Å². The molecule has 0 spiro atoms. The molecule has 4 rings (SSSR count). The van der Waals surface area contributed by atoms with Gasteiger partial charge >= 0.3 is 0 Å². The molecular weight excluding hydrogens is 430 g/mol. The first-order chi connectivity index (χ1) is 14.0. The van der Waals surface area contributed by atoms with E-state index in [1.807, 2.05) is 54.9 Å². The van der Waals surface area contributed by atoms with Crippen molar-refractivity contribution in [1.29, 1.82) is 0 Å². The van der Waals surface area contributed by atoms with Gasteiger partial charge in [0.25, 0.3) is 0 Å². The highest BCUT2D eigenvalue weighted by molar-refractivity contribution is 9.10. The summed E-state index contributed by atoms with van der Waals surface area (Å²) in [5.74, 6) is 0.826. The van der Waals surface area contributed by atoms with Crippen molar-refractivity contribution in [1.82, 2.24) is 14.3 Å². The molecule has 2 aromatic heterocycles. The Morgan fingerprint density at radius 2 is 1.79 bits per heavy atom. The summed E-state index contributed by atoms with van der Waals surface area (Å²) in [7, 11) is 1.67. The SMILES string of the molecule is COc1ccc(-c2cc3ccccc3n2CC(O)Cn2nc(C)c(Br)c2C)cc1. The highest BCUT2D eigenvalue weighted by Crippen LogP contribution is 2.30. The van der Waals surface area contributed by atoms with Gasteiger partial charge < -0.3 is 14.4 Å². The minimum Gasteiger partial charge on any atom is -0.497 e. The maximum absolute atomic E-state index is 10.9. The van der Waals surface area contributed by atoms with Gasteiger partial charge in [-0.25, -0.2) is 0 Å². The van der Waals surface area contributed by atoms with E-state index in [0.717, 1.165) is 43.8 Å². The van der Waals surface area contributed by atoms with Crippen LogP contribution in [0.25, 0.3) is 22.2 Å². The molecule has 6 heteroatoms. The number of fused-ring (bicyclic) bond motifs is 1. The molecule has 2 heterocycles. The van der Waals surface area contributed by atoms with E-state index in [1.54, 1.807) is 7.11 Å². The van der Waals surface area contributed by atoms with Gasteiger partial charge in [-0.2, -0.15) is 5.10 Å². The molecule has 1 atom stereocenters. The minimum atomic E-state index is -0.576. The molecule has 150 valence electrons. The first kappa shape index (κ1) is 19.7. The Bertz CT molecular complexity index is 1150. The molecule has 0 radical (unpaired) electrons. The largest absolute Gasteiger partial charge is 0.497 e. The molecule has 2 aromatic carbocycles. The summed E-state index contributed by atoms with van der Waals surface area (Å²) < 4.78 is 10.3. The van der Waals surface area contributed by atoms with Crippen LogP contribution in [-0.4, -0.2) is 32.7 Å². The first-order valence-electron chi connectivity index (χ1n) is 9.58. The summed E-state index contributed by atoms with van der Waals surface area (Å²) in [4.78, 5) is 0. The topological polar surface area (TPSA) is 52.2 Å². The smallest absolute Gasteiger partial charge is 0.118 e. The van der Waals surface area contributed by atoms with Crippen molar-refractivity contribution < 1.29 is 9.84 Å². The second-order valence-corrected chi connectivity index (χ2v) is 8.04. The molecule has 29 heavy (non-hydrogen) atoms. The van der Waals surface area contributed by atoms with Crippen molar-refractivity contribution in [2.75, 3.05) is 7.11 Å². The average Bonchev–Trinajstić information content (AvgIpc) is 3.21. The summed E-state index contributed by atoms with van der Waals surface area (Å²) in [6.07, 6.45) is -0.576. The fourth-order valence-electron chi connectivity index (χ4n) is 3.73. The van der Waals surface area contributed by atoms with E-state index in [0.29, 0.717) is 13.1 Å². The van der Waals surface area contributed by atoms with Crippen molar-refractivity contribution >= 4 is 26.8 Å². The second kappa shape index (κ2) is 8.05. The number of aryl methyl sites for hydroxylation is 1. The average molecular weight is 454 g/mol. The second-order valence-electron chi connectivity index (χ2n) is 7.25. The fraction of sp³-hybridized carbons (Fsp3) is 0.261. The van der Waals surface area contributed by atoms with Crippen molar-refractivity contribution in [2.45, 2.75) is 33.0 Å². The van der Waals surface area contributed by atoms with Crippen molar-refractivity contribution in [3.05, 3.63) is 70.5 Å². The number of benzene rings is 2.